The third-order valence-corrected chi connectivity index (χ3v) is 1.38. The van der Waals surface area contributed by atoms with Crippen molar-refractivity contribution in [2.24, 2.45) is 0 Å². The van der Waals surface area contributed by atoms with E-state index >= 15 is 0 Å². The van der Waals surface area contributed by atoms with Gasteiger partial charge >= 0.3 is 0 Å². The Bertz CT molecular complexity index is 175. The molecule has 0 unspecified atom stereocenters. The normalized spacial score (nSPS) is 22.2. The molecule has 72 valence electrons. The minimum atomic E-state index is -2.09. The Kier molecular flexibility index (Phi) is 4.12. The van der Waals surface area contributed by atoms with Gasteiger partial charge in [0, 0.05) is 0 Å². The van der Waals surface area contributed by atoms with Gasteiger partial charge in [-0.3, -0.25) is 0 Å². The lowest BCUT2D eigenvalue weighted by atomic mass is 10.1. The van der Waals surface area contributed by atoms with Crippen LogP contribution in [-0.2, 0) is 4.79 Å². The van der Waals surface area contributed by atoms with E-state index in [-0.39, 0.29) is 0 Å². The van der Waals surface area contributed by atoms with Crippen LogP contribution in [0.5, 0.6) is 0 Å². The minimum absolute atomic E-state index is 0.822. The smallest absolute Gasteiger partial charge is 0.151 e. The standard InChI is InChI=1S/C6H12O6/c7-1-3(9)5(11)6(12)4(10)2-8/h1,3-6,8-12H,2H2/t3-,4+,5+,6+/m0/s1/i1+1D. The summed E-state index contributed by atoms with van der Waals surface area (Å²) >= 11 is 0. The Morgan fingerprint density at radius 1 is 1.25 bits per heavy atom. The Morgan fingerprint density at radius 2 is 1.75 bits per heavy atom. The second kappa shape index (κ2) is 5.18. The Morgan fingerprint density at radius 3 is 2.08 bits per heavy atom. The topological polar surface area (TPSA) is 118 Å². The fraction of sp³-hybridized carbons (Fsp3) is 0.833. The van der Waals surface area contributed by atoms with Crippen LogP contribution in [0.2, 0.25) is 0 Å². The number of carbonyl (C=O) groups excluding carboxylic acids is 1. The summed E-state index contributed by atoms with van der Waals surface area (Å²) in [6.07, 6.45) is -9.07. The summed E-state index contributed by atoms with van der Waals surface area (Å²) in [6, 6.07) is 0. The maximum Gasteiger partial charge on any atom is 0.151 e. The van der Waals surface area contributed by atoms with Crippen molar-refractivity contribution in [3.8, 4) is 0 Å². The van der Waals surface area contributed by atoms with Gasteiger partial charge in [-0.15, -0.1) is 0 Å². The van der Waals surface area contributed by atoms with E-state index in [1.54, 1.807) is 0 Å². The molecule has 0 amide bonds. The van der Waals surface area contributed by atoms with Gasteiger partial charge in [0.25, 0.3) is 0 Å². The lowest BCUT2D eigenvalue weighted by molar-refractivity contribution is -0.136. The average Bonchev–Trinajstić information content (AvgIpc) is 2.12. The fourth-order valence-electron chi connectivity index (χ4n) is 0.592. The van der Waals surface area contributed by atoms with Crippen LogP contribution < -0.4 is 0 Å². The van der Waals surface area contributed by atoms with Crippen molar-refractivity contribution < 1.29 is 31.7 Å². The first-order valence-corrected chi connectivity index (χ1v) is 3.25. The van der Waals surface area contributed by atoms with Crippen molar-refractivity contribution in [1.29, 1.82) is 0 Å². The highest BCUT2D eigenvalue weighted by Gasteiger charge is 2.29. The highest BCUT2D eigenvalue weighted by molar-refractivity contribution is 5.56. The maximum absolute atomic E-state index is 10.2. The average molecular weight is 182 g/mol. The SMILES string of the molecule is [2H][13C](=O)[C@H](O)[C@@H](O)[C@H](O)[C@H](O)CO. The molecular weight excluding hydrogens is 169 g/mol. The van der Waals surface area contributed by atoms with Crippen molar-refractivity contribution in [3.63, 3.8) is 0 Å². The third-order valence-electron chi connectivity index (χ3n) is 1.38. The predicted molar refractivity (Wildman–Crippen MR) is 37.2 cm³/mol. The summed E-state index contributed by atoms with van der Waals surface area (Å²) in [5.41, 5.74) is 0. The molecule has 0 radical (unpaired) electrons. The van der Waals surface area contributed by atoms with Gasteiger partial charge in [-0.05, 0) is 0 Å². The molecule has 0 heterocycles. The zero-order valence-electron chi connectivity index (χ0n) is 7.16. The van der Waals surface area contributed by atoms with E-state index in [1.165, 1.54) is 0 Å². The van der Waals surface area contributed by atoms with E-state index in [9.17, 15) is 4.79 Å². The molecule has 6 heteroatoms. The molecule has 0 saturated carbocycles. The zero-order chi connectivity index (χ0) is 10.6. The van der Waals surface area contributed by atoms with Crippen LogP contribution in [0.3, 0.4) is 0 Å². The maximum atomic E-state index is 10.2. The molecule has 12 heavy (non-hydrogen) atoms. The van der Waals surface area contributed by atoms with Crippen LogP contribution in [0, 0.1) is 0 Å². The van der Waals surface area contributed by atoms with Gasteiger partial charge in [0.1, 0.15) is 25.8 Å². The fourth-order valence-corrected chi connectivity index (χ4v) is 0.592. The summed E-state index contributed by atoms with van der Waals surface area (Å²) in [6.45, 7) is -0.822. The Balaban J connectivity index is 4.24. The molecule has 0 fully saturated rings. The summed E-state index contributed by atoms with van der Waals surface area (Å²) < 4.78 is 6.40. The van der Waals surface area contributed by atoms with Crippen LogP contribution >= 0.6 is 0 Å². The second-order valence-corrected chi connectivity index (χ2v) is 2.29. The van der Waals surface area contributed by atoms with E-state index < -0.39 is 37.3 Å². The molecule has 6 nitrogen and oxygen atoms in total. The van der Waals surface area contributed by atoms with Crippen LogP contribution in [0.1, 0.15) is 1.37 Å². The largest absolute Gasteiger partial charge is 0.394 e. The van der Waals surface area contributed by atoms with Gasteiger partial charge in [0.05, 0.1) is 6.61 Å². The number of hydrogen-bond acceptors (Lipinski definition) is 6. The second-order valence-electron chi connectivity index (χ2n) is 2.29. The molecule has 0 saturated heterocycles. The molecule has 0 bridgehead atoms. The molecule has 0 spiro atoms. The summed E-state index contributed by atoms with van der Waals surface area (Å²) in [5, 5.41) is 43.8. The number of aldehydes is 1. The molecule has 0 aliphatic heterocycles. The number of aliphatic hydroxyl groups excluding tert-OH is 5. The molecule has 4 atom stereocenters. The molecule has 0 aliphatic carbocycles. The molecule has 0 rings (SSSR count). The molecule has 0 aliphatic rings. The van der Waals surface area contributed by atoms with E-state index in [0.29, 0.717) is 0 Å². The van der Waals surface area contributed by atoms with Crippen molar-refractivity contribution in [2.75, 3.05) is 6.61 Å². The lowest BCUT2D eigenvalue weighted by Gasteiger charge is -2.22. The minimum Gasteiger partial charge on any atom is -0.394 e. The Hall–Kier alpha value is -0.530. The Labute approximate surface area is 70.1 Å². The van der Waals surface area contributed by atoms with E-state index in [1.807, 2.05) is 0 Å². The first-order chi connectivity index (χ1) is 5.91. The van der Waals surface area contributed by atoms with Crippen molar-refractivity contribution in [3.05, 3.63) is 0 Å². The molecule has 0 aromatic carbocycles. The molecular formula is C6H12O6. The summed E-state index contributed by atoms with van der Waals surface area (Å²) in [7, 11) is 0. The van der Waals surface area contributed by atoms with Gasteiger partial charge in [-0.25, -0.2) is 0 Å². The monoisotopic (exact) mass is 182 g/mol. The predicted octanol–water partition coefficient (Wildman–Crippen LogP) is -3.38. The highest BCUT2D eigenvalue weighted by atomic mass is 16.4. The van der Waals surface area contributed by atoms with Gasteiger partial charge in [-0.1, -0.05) is 0 Å². The van der Waals surface area contributed by atoms with Crippen molar-refractivity contribution >= 4 is 6.26 Å². The quantitative estimate of drug-likeness (QED) is 0.223. The number of hydrogen-bond donors (Lipinski definition) is 5. The van der Waals surface area contributed by atoms with Gasteiger partial charge in [0.15, 0.2) is 6.26 Å². The number of carbonyl (C=O) groups is 1. The third kappa shape index (κ3) is 2.84. The van der Waals surface area contributed by atoms with Crippen molar-refractivity contribution in [1.82, 2.24) is 0 Å². The van der Waals surface area contributed by atoms with Gasteiger partial charge in [0.2, 0.25) is 0 Å². The molecule has 0 aromatic heterocycles. The molecule has 5 N–H and O–H groups in total. The lowest BCUT2D eigenvalue weighted by Crippen LogP contribution is -2.46. The van der Waals surface area contributed by atoms with Crippen LogP contribution in [0.15, 0.2) is 0 Å². The summed E-state index contributed by atoms with van der Waals surface area (Å²) in [4.78, 5) is 10.2. The van der Waals surface area contributed by atoms with Crippen molar-refractivity contribution in [2.45, 2.75) is 24.4 Å². The van der Waals surface area contributed by atoms with Gasteiger partial charge < -0.3 is 30.3 Å². The van der Waals surface area contributed by atoms with E-state index in [2.05, 4.69) is 0 Å². The van der Waals surface area contributed by atoms with E-state index in [0.717, 1.165) is 0 Å². The number of rotatable bonds is 5. The van der Waals surface area contributed by atoms with Crippen LogP contribution in [0.25, 0.3) is 0 Å². The van der Waals surface area contributed by atoms with Gasteiger partial charge in [-0.2, -0.15) is 0 Å². The first-order valence-electron chi connectivity index (χ1n) is 3.75. The highest BCUT2D eigenvalue weighted by Crippen LogP contribution is 2.02. The number of aliphatic hydroxyl groups is 5. The molecule has 0 aromatic rings. The summed E-state index contributed by atoms with van der Waals surface area (Å²) in [5.74, 6) is 0. The zero-order valence-corrected chi connectivity index (χ0v) is 6.16. The first kappa shape index (κ1) is 9.56. The van der Waals surface area contributed by atoms with E-state index in [4.69, 9.17) is 26.9 Å². The van der Waals surface area contributed by atoms with Crippen LogP contribution in [0.4, 0.5) is 0 Å². The van der Waals surface area contributed by atoms with Crippen LogP contribution in [-0.4, -0.2) is 62.8 Å².